The molecule has 0 aromatic carbocycles. The molecule has 0 fully saturated rings. The first-order chi connectivity index (χ1) is 5.41. The van der Waals surface area contributed by atoms with Crippen molar-refractivity contribution in [1.82, 2.24) is 0 Å². The molecule has 0 aromatic heterocycles. The smallest absolute Gasteiger partial charge is 0.0660 e. The van der Waals surface area contributed by atoms with Crippen LogP contribution in [0.25, 0.3) is 0 Å². The SMILES string of the molecule is CC(C)(O)CC(C)(C)OC(C)(C)C. The van der Waals surface area contributed by atoms with E-state index in [4.69, 9.17) is 4.74 Å². The predicted molar refractivity (Wildman–Crippen MR) is 55.8 cm³/mol. The van der Waals surface area contributed by atoms with Crippen LogP contribution in [0.1, 0.15) is 54.9 Å². The molecular weight excluding hydrogens is 164 g/mol. The summed E-state index contributed by atoms with van der Waals surface area (Å²) in [5.74, 6) is 0. The minimum absolute atomic E-state index is 0.158. The lowest BCUT2D eigenvalue weighted by Gasteiger charge is -2.37. The fraction of sp³-hybridized carbons (Fsp3) is 1.00. The van der Waals surface area contributed by atoms with Crippen molar-refractivity contribution in [1.29, 1.82) is 0 Å². The summed E-state index contributed by atoms with van der Waals surface area (Å²) in [6.45, 7) is 13.7. The summed E-state index contributed by atoms with van der Waals surface area (Å²) < 4.78 is 5.84. The molecule has 0 aliphatic rings. The molecule has 13 heavy (non-hydrogen) atoms. The quantitative estimate of drug-likeness (QED) is 0.738. The number of aliphatic hydroxyl groups is 1. The van der Waals surface area contributed by atoms with E-state index in [1.165, 1.54) is 0 Å². The highest BCUT2D eigenvalue weighted by molar-refractivity contribution is 4.81. The van der Waals surface area contributed by atoms with Gasteiger partial charge in [0, 0.05) is 6.42 Å². The van der Waals surface area contributed by atoms with Gasteiger partial charge >= 0.3 is 0 Å². The number of ether oxygens (including phenoxy) is 1. The number of hydrogen-bond acceptors (Lipinski definition) is 2. The molecule has 80 valence electrons. The van der Waals surface area contributed by atoms with Gasteiger partial charge in [0.2, 0.25) is 0 Å². The maximum absolute atomic E-state index is 9.67. The van der Waals surface area contributed by atoms with Gasteiger partial charge in [-0.15, -0.1) is 0 Å². The van der Waals surface area contributed by atoms with Crippen LogP contribution in [0.4, 0.5) is 0 Å². The third-order valence-electron chi connectivity index (χ3n) is 1.44. The molecule has 0 saturated carbocycles. The third kappa shape index (κ3) is 8.26. The second-order valence-corrected chi connectivity index (χ2v) is 5.96. The van der Waals surface area contributed by atoms with Gasteiger partial charge in [-0.2, -0.15) is 0 Å². The lowest BCUT2D eigenvalue weighted by atomic mass is 9.91. The molecule has 0 bridgehead atoms. The summed E-state index contributed by atoms with van der Waals surface area (Å²) in [4.78, 5) is 0. The van der Waals surface area contributed by atoms with E-state index in [0.29, 0.717) is 6.42 Å². The summed E-state index contributed by atoms with van der Waals surface area (Å²) in [5.41, 5.74) is -1.11. The lowest BCUT2D eigenvalue weighted by molar-refractivity contribution is -0.140. The van der Waals surface area contributed by atoms with Crippen molar-refractivity contribution in [2.24, 2.45) is 0 Å². The van der Waals surface area contributed by atoms with Crippen LogP contribution >= 0.6 is 0 Å². The Morgan fingerprint density at radius 3 is 1.54 bits per heavy atom. The first kappa shape index (κ1) is 12.9. The van der Waals surface area contributed by atoms with Crippen molar-refractivity contribution in [2.45, 2.75) is 71.7 Å². The van der Waals surface area contributed by atoms with E-state index in [-0.39, 0.29) is 11.2 Å². The van der Waals surface area contributed by atoms with Crippen LogP contribution in [0.15, 0.2) is 0 Å². The predicted octanol–water partition coefficient (Wildman–Crippen LogP) is 2.74. The van der Waals surface area contributed by atoms with E-state index >= 15 is 0 Å². The summed E-state index contributed by atoms with van der Waals surface area (Å²) in [6, 6.07) is 0. The monoisotopic (exact) mass is 188 g/mol. The van der Waals surface area contributed by atoms with Crippen LogP contribution in [0, 0.1) is 0 Å². The molecule has 0 heterocycles. The van der Waals surface area contributed by atoms with Crippen molar-refractivity contribution < 1.29 is 9.84 Å². The van der Waals surface area contributed by atoms with Crippen LogP contribution in [0.2, 0.25) is 0 Å². The zero-order chi connectivity index (χ0) is 10.9. The second kappa shape index (κ2) is 3.58. The molecule has 0 atom stereocenters. The van der Waals surface area contributed by atoms with Gasteiger partial charge in [-0.05, 0) is 48.5 Å². The Bertz CT molecular complexity index is 140. The van der Waals surface area contributed by atoms with Crippen molar-refractivity contribution in [3.63, 3.8) is 0 Å². The normalized spacial score (nSPS) is 14.8. The summed E-state index contributed by atoms with van der Waals surface area (Å²) in [7, 11) is 0. The molecule has 2 nitrogen and oxygen atoms in total. The fourth-order valence-corrected chi connectivity index (χ4v) is 1.91. The first-order valence-corrected chi connectivity index (χ1v) is 4.84. The zero-order valence-electron chi connectivity index (χ0n) is 10.1. The highest BCUT2D eigenvalue weighted by Gasteiger charge is 2.31. The Hall–Kier alpha value is -0.0800. The largest absolute Gasteiger partial charge is 0.390 e. The third-order valence-corrected chi connectivity index (χ3v) is 1.44. The van der Waals surface area contributed by atoms with Crippen molar-refractivity contribution in [2.75, 3.05) is 0 Å². The standard InChI is InChI=1S/C11H24O2/c1-9(2,3)13-11(6,7)8-10(4,5)12/h12H,8H2,1-7H3. The lowest BCUT2D eigenvalue weighted by Crippen LogP contribution is -2.40. The molecule has 0 aliphatic heterocycles. The summed E-state index contributed by atoms with van der Waals surface area (Å²) in [6.07, 6.45) is 0.636. The van der Waals surface area contributed by atoms with Crippen LogP contribution in [-0.4, -0.2) is 21.9 Å². The molecule has 2 heteroatoms. The highest BCUT2D eigenvalue weighted by atomic mass is 16.5. The van der Waals surface area contributed by atoms with Crippen molar-refractivity contribution in [3.8, 4) is 0 Å². The molecule has 0 aromatic rings. The molecule has 0 aliphatic carbocycles. The van der Waals surface area contributed by atoms with Gasteiger partial charge < -0.3 is 9.84 Å². The Morgan fingerprint density at radius 2 is 1.31 bits per heavy atom. The maximum atomic E-state index is 9.67. The van der Waals surface area contributed by atoms with E-state index in [1.54, 1.807) is 13.8 Å². The molecule has 0 rings (SSSR count). The fourth-order valence-electron chi connectivity index (χ4n) is 1.91. The van der Waals surface area contributed by atoms with Crippen molar-refractivity contribution in [3.05, 3.63) is 0 Å². The highest BCUT2D eigenvalue weighted by Crippen LogP contribution is 2.27. The van der Waals surface area contributed by atoms with Crippen molar-refractivity contribution >= 4 is 0 Å². The molecule has 0 spiro atoms. The van der Waals surface area contributed by atoms with E-state index in [0.717, 1.165) is 0 Å². The van der Waals surface area contributed by atoms with Gasteiger partial charge in [0.25, 0.3) is 0 Å². The van der Waals surface area contributed by atoms with Gasteiger partial charge in [-0.25, -0.2) is 0 Å². The molecular formula is C11H24O2. The van der Waals surface area contributed by atoms with Gasteiger partial charge in [0.05, 0.1) is 16.8 Å². The average Bonchev–Trinajstić information content (AvgIpc) is 1.43. The van der Waals surface area contributed by atoms with Gasteiger partial charge in [0.1, 0.15) is 0 Å². The molecule has 0 radical (unpaired) electrons. The minimum atomic E-state index is -0.672. The summed E-state index contributed by atoms with van der Waals surface area (Å²) >= 11 is 0. The number of rotatable bonds is 3. The van der Waals surface area contributed by atoms with Crippen LogP contribution < -0.4 is 0 Å². The molecule has 0 amide bonds. The van der Waals surface area contributed by atoms with Gasteiger partial charge in [-0.3, -0.25) is 0 Å². The molecule has 0 unspecified atom stereocenters. The minimum Gasteiger partial charge on any atom is -0.390 e. The second-order valence-electron chi connectivity index (χ2n) is 5.96. The van der Waals surface area contributed by atoms with E-state index in [2.05, 4.69) is 0 Å². The topological polar surface area (TPSA) is 29.5 Å². The van der Waals surface area contributed by atoms with Crippen LogP contribution in [0.3, 0.4) is 0 Å². The Morgan fingerprint density at radius 1 is 0.923 bits per heavy atom. The van der Waals surface area contributed by atoms with Gasteiger partial charge in [0.15, 0.2) is 0 Å². The molecule has 1 N–H and O–H groups in total. The Kier molecular flexibility index (Phi) is 3.56. The Labute approximate surface area is 82.3 Å². The van der Waals surface area contributed by atoms with Gasteiger partial charge in [-0.1, -0.05) is 0 Å². The van der Waals surface area contributed by atoms with Crippen LogP contribution in [-0.2, 0) is 4.74 Å². The maximum Gasteiger partial charge on any atom is 0.0660 e. The van der Waals surface area contributed by atoms with E-state index < -0.39 is 5.60 Å². The van der Waals surface area contributed by atoms with E-state index in [1.807, 2.05) is 34.6 Å². The molecule has 0 saturated heterocycles. The van der Waals surface area contributed by atoms with E-state index in [9.17, 15) is 5.11 Å². The Balaban J connectivity index is 4.25. The zero-order valence-corrected chi connectivity index (χ0v) is 10.1. The number of hydrogen-bond donors (Lipinski definition) is 1. The first-order valence-electron chi connectivity index (χ1n) is 4.84. The summed E-state index contributed by atoms with van der Waals surface area (Å²) in [5, 5.41) is 9.67. The van der Waals surface area contributed by atoms with Crippen LogP contribution in [0.5, 0.6) is 0 Å². The average molecular weight is 188 g/mol.